The van der Waals surface area contributed by atoms with Crippen LogP contribution in [0.25, 0.3) is 0 Å². The SMILES string of the molecule is COC(=O)C(=O)Cc1ccc(C)c(F)c1. The van der Waals surface area contributed by atoms with Crippen molar-refractivity contribution >= 4 is 11.8 Å². The van der Waals surface area contributed by atoms with E-state index in [1.54, 1.807) is 19.1 Å². The molecule has 0 amide bonds. The third-order valence-corrected chi connectivity index (χ3v) is 2.01. The molecular weight excluding hydrogens is 199 g/mol. The number of esters is 1. The molecule has 1 rings (SSSR count). The van der Waals surface area contributed by atoms with Crippen LogP contribution in [0.15, 0.2) is 18.2 Å². The first-order valence-electron chi connectivity index (χ1n) is 4.40. The van der Waals surface area contributed by atoms with Crippen molar-refractivity contribution in [2.24, 2.45) is 0 Å². The second-order valence-corrected chi connectivity index (χ2v) is 3.18. The summed E-state index contributed by atoms with van der Waals surface area (Å²) in [5.74, 6) is -1.97. The van der Waals surface area contributed by atoms with Gasteiger partial charge >= 0.3 is 5.97 Å². The van der Waals surface area contributed by atoms with Gasteiger partial charge in [-0.15, -0.1) is 0 Å². The third-order valence-electron chi connectivity index (χ3n) is 2.01. The van der Waals surface area contributed by atoms with Crippen molar-refractivity contribution in [1.82, 2.24) is 0 Å². The molecule has 0 N–H and O–H groups in total. The minimum Gasteiger partial charge on any atom is -0.463 e. The van der Waals surface area contributed by atoms with Gasteiger partial charge in [-0.2, -0.15) is 0 Å². The van der Waals surface area contributed by atoms with E-state index in [1.165, 1.54) is 6.07 Å². The number of carbonyl (C=O) groups excluding carboxylic acids is 2. The van der Waals surface area contributed by atoms with Gasteiger partial charge in [0.15, 0.2) is 0 Å². The van der Waals surface area contributed by atoms with Gasteiger partial charge in [-0.05, 0) is 24.1 Å². The minimum atomic E-state index is -0.906. The second-order valence-electron chi connectivity index (χ2n) is 3.18. The molecule has 0 radical (unpaired) electrons. The van der Waals surface area contributed by atoms with Crippen LogP contribution in [-0.2, 0) is 20.7 Å². The Labute approximate surface area is 86.9 Å². The van der Waals surface area contributed by atoms with Crippen LogP contribution < -0.4 is 0 Å². The lowest BCUT2D eigenvalue weighted by molar-refractivity contribution is -0.151. The fourth-order valence-corrected chi connectivity index (χ4v) is 1.12. The van der Waals surface area contributed by atoms with Crippen LogP contribution in [0.5, 0.6) is 0 Å². The van der Waals surface area contributed by atoms with Crippen LogP contribution in [-0.4, -0.2) is 18.9 Å². The van der Waals surface area contributed by atoms with Gasteiger partial charge in [0.05, 0.1) is 7.11 Å². The summed E-state index contributed by atoms with van der Waals surface area (Å²) in [6.07, 6.45) is -0.135. The smallest absolute Gasteiger partial charge is 0.374 e. The quantitative estimate of drug-likeness (QED) is 0.559. The number of Topliss-reactive ketones (excluding diaryl/α,β-unsaturated/α-hetero) is 1. The first-order valence-corrected chi connectivity index (χ1v) is 4.40. The molecule has 80 valence electrons. The van der Waals surface area contributed by atoms with Crippen LogP contribution in [0.4, 0.5) is 4.39 Å². The number of carbonyl (C=O) groups is 2. The van der Waals surface area contributed by atoms with E-state index in [-0.39, 0.29) is 12.2 Å². The predicted molar refractivity (Wildman–Crippen MR) is 51.9 cm³/mol. The molecule has 4 heteroatoms. The standard InChI is InChI=1S/C11H11FO3/c1-7-3-4-8(5-9(7)12)6-10(13)11(14)15-2/h3-5H,6H2,1-2H3. The van der Waals surface area contributed by atoms with Gasteiger partial charge in [-0.1, -0.05) is 12.1 Å². The lowest BCUT2D eigenvalue weighted by atomic mass is 10.1. The van der Waals surface area contributed by atoms with E-state index in [4.69, 9.17) is 0 Å². The molecule has 0 aliphatic rings. The monoisotopic (exact) mass is 210 g/mol. The van der Waals surface area contributed by atoms with Gasteiger partial charge in [0.25, 0.3) is 0 Å². The first-order chi connectivity index (χ1) is 7.04. The van der Waals surface area contributed by atoms with Crippen molar-refractivity contribution in [3.05, 3.63) is 35.1 Å². The Morgan fingerprint density at radius 3 is 2.60 bits per heavy atom. The third kappa shape index (κ3) is 2.87. The number of rotatable bonds is 3. The molecule has 0 aliphatic carbocycles. The molecule has 1 aromatic rings. The van der Waals surface area contributed by atoms with E-state index >= 15 is 0 Å². The molecule has 0 heterocycles. The van der Waals surface area contributed by atoms with Crippen LogP contribution in [0.3, 0.4) is 0 Å². The first kappa shape index (κ1) is 11.4. The predicted octanol–water partition coefficient (Wildman–Crippen LogP) is 1.42. The maximum absolute atomic E-state index is 13.1. The fourth-order valence-electron chi connectivity index (χ4n) is 1.12. The summed E-state index contributed by atoms with van der Waals surface area (Å²) in [6, 6.07) is 4.42. The maximum atomic E-state index is 13.1. The number of ether oxygens (including phenoxy) is 1. The molecule has 0 atom stereocenters. The Morgan fingerprint density at radius 2 is 2.07 bits per heavy atom. The van der Waals surface area contributed by atoms with Crippen molar-refractivity contribution < 1.29 is 18.7 Å². The average Bonchev–Trinajstić information content (AvgIpc) is 2.22. The van der Waals surface area contributed by atoms with E-state index in [0.717, 1.165) is 7.11 Å². The van der Waals surface area contributed by atoms with Gasteiger partial charge in [0, 0.05) is 6.42 Å². The van der Waals surface area contributed by atoms with Gasteiger partial charge in [0.1, 0.15) is 5.82 Å². The van der Waals surface area contributed by atoms with Crippen molar-refractivity contribution in [3.8, 4) is 0 Å². The zero-order chi connectivity index (χ0) is 11.4. The van der Waals surface area contributed by atoms with Crippen LogP contribution in [0, 0.1) is 12.7 Å². The summed E-state index contributed by atoms with van der Waals surface area (Å²) in [6.45, 7) is 1.63. The molecule has 0 aliphatic heterocycles. The Hall–Kier alpha value is -1.71. The van der Waals surface area contributed by atoms with Crippen molar-refractivity contribution in [2.75, 3.05) is 7.11 Å². The summed E-state index contributed by atoms with van der Waals surface area (Å²) in [5, 5.41) is 0. The van der Waals surface area contributed by atoms with E-state index in [2.05, 4.69) is 4.74 Å². The summed E-state index contributed by atoms with van der Waals surface area (Å²) in [7, 11) is 1.13. The van der Waals surface area contributed by atoms with Crippen LogP contribution in [0.2, 0.25) is 0 Å². The molecule has 3 nitrogen and oxygen atoms in total. The molecule has 0 fully saturated rings. The highest BCUT2D eigenvalue weighted by Gasteiger charge is 2.14. The lowest BCUT2D eigenvalue weighted by Gasteiger charge is -2.01. The highest BCUT2D eigenvalue weighted by atomic mass is 19.1. The maximum Gasteiger partial charge on any atom is 0.374 e. The summed E-state index contributed by atoms with van der Waals surface area (Å²) >= 11 is 0. The zero-order valence-corrected chi connectivity index (χ0v) is 8.54. The van der Waals surface area contributed by atoms with E-state index in [1.807, 2.05) is 0 Å². The Kier molecular flexibility index (Phi) is 3.55. The molecule has 0 aromatic heterocycles. The second kappa shape index (κ2) is 4.68. The fraction of sp³-hybridized carbons (Fsp3) is 0.273. The zero-order valence-electron chi connectivity index (χ0n) is 8.54. The molecule has 0 spiro atoms. The van der Waals surface area contributed by atoms with Crippen molar-refractivity contribution in [3.63, 3.8) is 0 Å². The number of aryl methyl sites for hydroxylation is 1. The van der Waals surface area contributed by atoms with Crippen molar-refractivity contribution in [2.45, 2.75) is 13.3 Å². The number of halogens is 1. The van der Waals surface area contributed by atoms with Gasteiger partial charge in [0.2, 0.25) is 5.78 Å². The number of hydrogen-bond donors (Lipinski definition) is 0. The van der Waals surface area contributed by atoms with Crippen molar-refractivity contribution in [1.29, 1.82) is 0 Å². The highest BCUT2D eigenvalue weighted by molar-refractivity contribution is 6.34. The summed E-state index contributed by atoms with van der Waals surface area (Å²) in [4.78, 5) is 21.9. The number of methoxy groups -OCH3 is 1. The Balaban J connectivity index is 2.77. The largest absolute Gasteiger partial charge is 0.463 e. The molecule has 1 aromatic carbocycles. The number of hydrogen-bond acceptors (Lipinski definition) is 3. The van der Waals surface area contributed by atoms with Gasteiger partial charge < -0.3 is 4.74 Å². The normalized spacial score (nSPS) is 9.80. The average molecular weight is 210 g/mol. The van der Waals surface area contributed by atoms with E-state index in [9.17, 15) is 14.0 Å². The number of benzene rings is 1. The summed E-state index contributed by atoms with van der Waals surface area (Å²) < 4.78 is 17.3. The Morgan fingerprint density at radius 1 is 1.40 bits per heavy atom. The molecule has 0 saturated heterocycles. The molecular formula is C11H11FO3. The number of ketones is 1. The molecule has 0 bridgehead atoms. The van der Waals surface area contributed by atoms with E-state index < -0.39 is 11.8 Å². The highest BCUT2D eigenvalue weighted by Crippen LogP contribution is 2.10. The van der Waals surface area contributed by atoms with Crippen LogP contribution in [0.1, 0.15) is 11.1 Å². The van der Waals surface area contributed by atoms with E-state index in [0.29, 0.717) is 11.1 Å². The Bertz CT molecular complexity index is 399. The van der Waals surface area contributed by atoms with Gasteiger partial charge in [-0.25, -0.2) is 9.18 Å². The van der Waals surface area contributed by atoms with Gasteiger partial charge in [-0.3, -0.25) is 4.79 Å². The molecule has 0 unspecified atom stereocenters. The lowest BCUT2D eigenvalue weighted by Crippen LogP contribution is -2.17. The molecule has 0 saturated carbocycles. The summed E-state index contributed by atoms with van der Waals surface area (Å²) in [5.41, 5.74) is 0.970. The molecule has 15 heavy (non-hydrogen) atoms. The topological polar surface area (TPSA) is 43.4 Å². The minimum absolute atomic E-state index is 0.135. The van der Waals surface area contributed by atoms with Crippen LogP contribution >= 0.6 is 0 Å².